The summed E-state index contributed by atoms with van der Waals surface area (Å²) in [7, 11) is 0. The smallest absolute Gasteiger partial charge is 0.248 e. The molecule has 1 fully saturated rings. The van der Waals surface area contributed by atoms with Gasteiger partial charge < -0.3 is 5.32 Å². The molecule has 0 spiro atoms. The fourth-order valence-electron chi connectivity index (χ4n) is 3.91. The molecule has 3 rings (SSSR count). The summed E-state index contributed by atoms with van der Waals surface area (Å²) >= 11 is 18.3. The Bertz CT molecular complexity index is 896. The van der Waals surface area contributed by atoms with Crippen molar-refractivity contribution in [2.75, 3.05) is 10.8 Å². The van der Waals surface area contributed by atoms with Crippen molar-refractivity contribution in [3.8, 4) is 0 Å². The van der Waals surface area contributed by atoms with Crippen LogP contribution in [0, 0.1) is 6.92 Å². The molecule has 7 heteroatoms. The summed E-state index contributed by atoms with van der Waals surface area (Å²) in [6, 6.07) is 11.5. The van der Waals surface area contributed by atoms with Crippen molar-refractivity contribution in [1.29, 1.82) is 0 Å². The van der Waals surface area contributed by atoms with Crippen molar-refractivity contribution in [2.24, 2.45) is 0 Å². The standard InChI is InChI=1S/C23H25Cl3N2O2/c1-15-7-10-18(26)13-20(15)28(21(29)14-24)22(16-8-11-17(25)12-9-16)23(30)27-19-5-3-2-4-6-19/h7-13,19,22H,2-6,14H2,1H3,(H,27,30)/t22-/m0/s1. The number of alkyl halides is 1. The molecule has 0 bridgehead atoms. The quantitative estimate of drug-likeness (QED) is 0.525. The Hall–Kier alpha value is -1.75. The van der Waals surface area contributed by atoms with Crippen molar-refractivity contribution in [1.82, 2.24) is 5.32 Å². The third-order valence-corrected chi connectivity index (χ3v) is 6.17. The third kappa shape index (κ3) is 5.48. The summed E-state index contributed by atoms with van der Waals surface area (Å²) in [5.74, 6) is -0.866. The van der Waals surface area contributed by atoms with E-state index in [0.717, 1.165) is 31.2 Å². The van der Waals surface area contributed by atoms with E-state index in [1.807, 2.05) is 13.0 Å². The van der Waals surface area contributed by atoms with Gasteiger partial charge in [-0.15, -0.1) is 11.6 Å². The van der Waals surface area contributed by atoms with Crippen molar-refractivity contribution in [3.05, 3.63) is 63.6 Å². The molecule has 2 aromatic rings. The number of benzene rings is 2. The van der Waals surface area contributed by atoms with E-state index in [2.05, 4.69) is 5.32 Å². The highest BCUT2D eigenvalue weighted by Crippen LogP contribution is 2.33. The molecule has 1 N–H and O–H groups in total. The normalized spacial score (nSPS) is 15.5. The Morgan fingerprint density at radius 3 is 2.30 bits per heavy atom. The number of nitrogens with zero attached hydrogens (tertiary/aromatic N) is 1. The lowest BCUT2D eigenvalue weighted by Gasteiger charge is -2.34. The fraction of sp³-hybridized carbons (Fsp3) is 0.391. The molecule has 1 atom stereocenters. The first-order valence-electron chi connectivity index (χ1n) is 10.1. The summed E-state index contributed by atoms with van der Waals surface area (Å²) in [5.41, 5.74) is 2.04. The predicted octanol–water partition coefficient (Wildman–Crippen LogP) is 6.06. The van der Waals surface area contributed by atoms with Gasteiger partial charge in [-0.2, -0.15) is 0 Å². The van der Waals surface area contributed by atoms with Crippen LogP contribution in [0.25, 0.3) is 0 Å². The Morgan fingerprint density at radius 1 is 1.03 bits per heavy atom. The monoisotopic (exact) mass is 466 g/mol. The molecular formula is C23H25Cl3N2O2. The number of halogens is 3. The van der Waals surface area contributed by atoms with Crippen molar-refractivity contribution >= 4 is 52.3 Å². The zero-order valence-corrected chi connectivity index (χ0v) is 19.1. The molecule has 0 heterocycles. The lowest BCUT2D eigenvalue weighted by atomic mass is 9.94. The van der Waals surface area contributed by atoms with Crippen molar-refractivity contribution < 1.29 is 9.59 Å². The van der Waals surface area contributed by atoms with Gasteiger partial charge in [0.1, 0.15) is 11.9 Å². The Kier molecular flexibility index (Phi) is 8.04. The van der Waals surface area contributed by atoms with E-state index >= 15 is 0 Å². The Morgan fingerprint density at radius 2 is 1.67 bits per heavy atom. The number of amides is 2. The number of aryl methyl sites for hydroxylation is 1. The second-order valence-corrected chi connectivity index (χ2v) is 8.77. The summed E-state index contributed by atoms with van der Waals surface area (Å²) in [6.07, 6.45) is 5.26. The van der Waals surface area contributed by atoms with Gasteiger partial charge in [-0.25, -0.2) is 0 Å². The third-order valence-electron chi connectivity index (χ3n) is 5.46. The summed E-state index contributed by atoms with van der Waals surface area (Å²) in [6.45, 7) is 1.87. The van der Waals surface area contributed by atoms with Crippen molar-refractivity contribution in [2.45, 2.75) is 51.1 Å². The number of carbonyl (C=O) groups excluding carboxylic acids is 2. The van der Waals surface area contributed by atoms with Crippen molar-refractivity contribution in [3.63, 3.8) is 0 Å². The van der Waals surface area contributed by atoms with Gasteiger partial charge in [-0.05, 0) is 55.2 Å². The second kappa shape index (κ2) is 10.5. The van der Waals surface area contributed by atoms with E-state index in [1.165, 1.54) is 11.3 Å². The van der Waals surface area contributed by atoms with Gasteiger partial charge in [-0.3, -0.25) is 14.5 Å². The maximum atomic E-state index is 13.5. The summed E-state index contributed by atoms with van der Waals surface area (Å²) in [5, 5.41) is 4.19. The molecule has 4 nitrogen and oxygen atoms in total. The topological polar surface area (TPSA) is 49.4 Å². The first kappa shape index (κ1) is 22.9. The number of hydrogen-bond acceptors (Lipinski definition) is 2. The van der Waals surface area contributed by atoms with Crippen LogP contribution < -0.4 is 10.2 Å². The minimum Gasteiger partial charge on any atom is -0.351 e. The van der Waals surface area contributed by atoms with E-state index in [4.69, 9.17) is 34.8 Å². The average Bonchev–Trinajstić information content (AvgIpc) is 2.75. The molecule has 0 unspecified atom stereocenters. The largest absolute Gasteiger partial charge is 0.351 e. The lowest BCUT2D eigenvalue weighted by Crippen LogP contribution is -2.48. The van der Waals surface area contributed by atoms with Crippen LogP contribution in [-0.4, -0.2) is 23.7 Å². The molecule has 0 aliphatic heterocycles. The maximum Gasteiger partial charge on any atom is 0.248 e. The summed E-state index contributed by atoms with van der Waals surface area (Å²) < 4.78 is 0. The molecule has 2 amide bonds. The predicted molar refractivity (Wildman–Crippen MR) is 124 cm³/mol. The zero-order chi connectivity index (χ0) is 21.7. The molecule has 1 aliphatic rings. The van der Waals surface area contributed by atoms with Crippen LogP contribution in [0.4, 0.5) is 5.69 Å². The van der Waals surface area contributed by atoms with Crippen LogP contribution in [0.1, 0.15) is 49.3 Å². The molecule has 2 aromatic carbocycles. The summed E-state index contributed by atoms with van der Waals surface area (Å²) in [4.78, 5) is 28.0. The molecule has 30 heavy (non-hydrogen) atoms. The average molecular weight is 468 g/mol. The van der Waals surface area contributed by atoms with Gasteiger partial charge in [0.15, 0.2) is 0 Å². The highest BCUT2D eigenvalue weighted by molar-refractivity contribution is 6.32. The highest BCUT2D eigenvalue weighted by Gasteiger charge is 2.34. The van der Waals surface area contributed by atoms with Gasteiger partial charge in [0.25, 0.3) is 0 Å². The van der Waals surface area contributed by atoms with Crippen LogP contribution >= 0.6 is 34.8 Å². The van der Waals surface area contributed by atoms with Crippen LogP contribution in [0.2, 0.25) is 10.0 Å². The maximum absolute atomic E-state index is 13.5. The molecule has 0 aromatic heterocycles. The molecular weight excluding hydrogens is 443 g/mol. The van der Waals surface area contributed by atoms with E-state index in [1.54, 1.807) is 36.4 Å². The zero-order valence-electron chi connectivity index (χ0n) is 16.8. The number of rotatable bonds is 6. The molecule has 1 saturated carbocycles. The second-order valence-electron chi connectivity index (χ2n) is 7.63. The Labute approximate surface area is 192 Å². The first-order valence-corrected chi connectivity index (χ1v) is 11.4. The van der Waals surface area contributed by atoms with Gasteiger partial charge in [-0.1, -0.05) is 60.7 Å². The SMILES string of the molecule is Cc1ccc(Cl)cc1N(C(=O)CCl)[C@H](C(=O)NC1CCCCC1)c1ccc(Cl)cc1. The van der Waals surface area contributed by atoms with Gasteiger partial charge in [0, 0.05) is 21.8 Å². The van der Waals surface area contributed by atoms with Gasteiger partial charge in [0.05, 0.1) is 0 Å². The highest BCUT2D eigenvalue weighted by atomic mass is 35.5. The Balaban J connectivity index is 2.06. The number of nitrogens with one attached hydrogen (secondary N) is 1. The lowest BCUT2D eigenvalue weighted by molar-refractivity contribution is -0.126. The molecule has 1 aliphatic carbocycles. The van der Waals surface area contributed by atoms with Crippen LogP contribution in [0.5, 0.6) is 0 Å². The van der Waals surface area contributed by atoms with Crippen LogP contribution in [0.15, 0.2) is 42.5 Å². The minimum absolute atomic E-state index is 0.106. The molecule has 0 saturated heterocycles. The number of anilines is 1. The van der Waals surface area contributed by atoms with E-state index < -0.39 is 6.04 Å². The van der Waals surface area contributed by atoms with E-state index in [9.17, 15) is 9.59 Å². The van der Waals surface area contributed by atoms with Crippen LogP contribution in [0.3, 0.4) is 0 Å². The van der Waals surface area contributed by atoms with E-state index in [0.29, 0.717) is 21.3 Å². The van der Waals surface area contributed by atoms with Gasteiger partial charge >= 0.3 is 0 Å². The first-order chi connectivity index (χ1) is 14.4. The van der Waals surface area contributed by atoms with Crippen LogP contribution in [-0.2, 0) is 9.59 Å². The molecule has 160 valence electrons. The van der Waals surface area contributed by atoms with Gasteiger partial charge in [0.2, 0.25) is 11.8 Å². The number of hydrogen-bond donors (Lipinski definition) is 1. The molecule has 0 radical (unpaired) electrons. The number of carbonyl (C=O) groups is 2. The minimum atomic E-state index is -0.882. The van der Waals surface area contributed by atoms with E-state index in [-0.39, 0.29) is 23.7 Å². The fourth-order valence-corrected chi connectivity index (χ4v) is 4.33.